The normalized spacial score (nSPS) is 14.9. The van der Waals surface area contributed by atoms with Crippen LogP contribution >= 0.6 is 0 Å². The second-order valence-electron chi connectivity index (χ2n) is 6.69. The molecule has 0 unspecified atom stereocenters. The number of nitrogens with one attached hydrogen (secondary N) is 2. The third-order valence-corrected chi connectivity index (χ3v) is 5.18. The first-order valence-corrected chi connectivity index (χ1v) is 8.56. The Morgan fingerprint density at radius 2 is 1.77 bits per heavy atom. The first-order chi connectivity index (χ1) is 12.5. The molecule has 4 aromatic rings. The maximum atomic E-state index is 13.4. The molecule has 7 heteroatoms. The Morgan fingerprint density at radius 3 is 2.58 bits per heavy atom. The van der Waals surface area contributed by atoms with Crippen molar-refractivity contribution in [3.05, 3.63) is 47.5 Å². The van der Waals surface area contributed by atoms with Crippen LogP contribution in [-0.2, 0) is 19.0 Å². The number of hydrogen-bond donors (Lipinski definition) is 2. The van der Waals surface area contributed by atoms with Gasteiger partial charge in [0.2, 0.25) is 0 Å². The quantitative estimate of drug-likeness (QED) is 0.504. The average molecular weight is 356 g/mol. The van der Waals surface area contributed by atoms with E-state index >= 15 is 0 Å². The van der Waals surface area contributed by atoms with E-state index in [0.29, 0.717) is 5.69 Å². The summed E-state index contributed by atoms with van der Waals surface area (Å²) >= 11 is 0. The number of alkyl halides is 3. The standard InChI is InChI=1S/C19H15F3N4/c20-19(21,22)18-14(9-24-26-18)17-12-4-2-1-3-11(12)16-13-8-23-7-10(13)5-6-15(16)25-17/h5-9,23H,1-4H2,(H,24,26). The van der Waals surface area contributed by atoms with E-state index in [-0.39, 0.29) is 5.56 Å². The van der Waals surface area contributed by atoms with Crippen molar-refractivity contribution in [1.29, 1.82) is 0 Å². The monoisotopic (exact) mass is 356 g/mol. The Labute approximate surface area is 146 Å². The van der Waals surface area contributed by atoms with Gasteiger partial charge in [0.15, 0.2) is 5.69 Å². The minimum atomic E-state index is -4.52. The average Bonchev–Trinajstić information content (AvgIpc) is 3.29. The Bertz CT molecular complexity index is 1140. The third-order valence-electron chi connectivity index (χ3n) is 5.18. The smallest absolute Gasteiger partial charge is 0.366 e. The largest absolute Gasteiger partial charge is 0.435 e. The van der Waals surface area contributed by atoms with Crippen molar-refractivity contribution in [2.75, 3.05) is 0 Å². The molecule has 4 nitrogen and oxygen atoms in total. The number of H-pyrrole nitrogens is 2. The Kier molecular flexibility index (Phi) is 3.16. The van der Waals surface area contributed by atoms with Gasteiger partial charge >= 0.3 is 6.18 Å². The van der Waals surface area contributed by atoms with Crippen molar-refractivity contribution in [2.45, 2.75) is 31.9 Å². The molecule has 0 amide bonds. The van der Waals surface area contributed by atoms with Crippen LogP contribution in [0.2, 0.25) is 0 Å². The van der Waals surface area contributed by atoms with E-state index in [1.165, 1.54) is 6.20 Å². The maximum Gasteiger partial charge on any atom is 0.435 e. The zero-order chi connectivity index (χ0) is 17.9. The number of hydrogen-bond acceptors (Lipinski definition) is 2. The fourth-order valence-corrected chi connectivity index (χ4v) is 4.07. The molecule has 1 aliphatic carbocycles. The van der Waals surface area contributed by atoms with Crippen LogP contribution in [0.4, 0.5) is 13.2 Å². The summed E-state index contributed by atoms with van der Waals surface area (Å²) in [6, 6.07) is 3.83. The molecule has 132 valence electrons. The number of aromatic amines is 2. The number of nitrogens with zero attached hydrogens (tertiary/aromatic N) is 2. The van der Waals surface area contributed by atoms with Gasteiger partial charge in [0.25, 0.3) is 0 Å². The van der Waals surface area contributed by atoms with Crippen LogP contribution < -0.4 is 0 Å². The second-order valence-corrected chi connectivity index (χ2v) is 6.69. The van der Waals surface area contributed by atoms with E-state index in [1.807, 2.05) is 24.5 Å². The predicted octanol–water partition coefficient (Wildman–Crippen LogP) is 5.00. The predicted molar refractivity (Wildman–Crippen MR) is 92.8 cm³/mol. The van der Waals surface area contributed by atoms with Gasteiger partial charge < -0.3 is 4.98 Å². The molecule has 0 atom stereocenters. The zero-order valence-corrected chi connectivity index (χ0v) is 13.7. The van der Waals surface area contributed by atoms with Crippen LogP contribution in [0.1, 0.15) is 29.7 Å². The SMILES string of the molecule is FC(F)(F)c1n[nH]cc1-c1nc2ccc3c[nH]cc3c2c2c1CCCC2. The summed E-state index contributed by atoms with van der Waals surface area (Å²) in [5.74, 6) is 0. The van der Waals surface area contributed by atoms with Gasteiger partial charge in [0.1, 0.15) is 0 Å². The van der Waals surface area contributed by atoms with Crippen LogP contribution in [0.15, 0.2) is 30.7 Å². The molecule has 0 aliphatic heterocycles. The number of benzene rings is 1. The Morgan fingerprint density at radius 1 is 0.962 bits per heavy atom. The van der Waals surface area contributed by atoms with Gasteiger partial charge in [-0.3, -0.25) is 5.10 Å². The van der Waals surface area contributed by atoms with Crippen molar-refractivity contribution in [2.24, 2.45) is 0 Å². The van der Waals surface area contributed by atoms with E-state index in [9.17, 15) is 13.2 Å². The molecule has 0 spiro atoms. The van der Waals surface area contributed by atoms with Gasteiger partial charge in [-0.1, -0.05) is 6.07 Å². The molecule has 0 bridgehead atoms. The number of fused-ring (bicyclic) bond motifs is 5. The Hall–Kier alpha value is -2.83. The molecule has 0 saturated carbocycles. The highest BCUT2D eigenvalue weighted by atomic mass is 19.4. The number of aryl methyl sites for hydroxylation is 1. The fraction of sp³-hybridized carbons (Fsp3) is 0.263. The molecule has 0 fully saturated rings. The highest BCUT2D eigenvalue weighted by molar-refractivity contribution is 6.09. The lowest BCUT2D eigenvalue weighted by Crippen LogP contribution is -2.11. The topological polar surface area (TPSA) is 57.4 Å². The van der Waals surface area contributed by atoms with Crippen molar-refractivity contribution < 1.29 is 13.2 Å². The number of halogens is 3. The lowest BCUT2D eigenvalue weighted by molar-refractivity contribution is -0.140. The number of rotatable bonds is 1. The van der Waals surface area contributed by atoms with Crippen molar-refractivity contribution >= 4 is 21.7 Å². The molecule has 5 rings (SSSR count). The number of aromatic nitrogens is 4. The molecule has 0 saturated heterocycles. The summed E-state index contributed by atoms with van der Waals surface area (Å²) in [4.78, 5) is 7.78. The van der Waals surface area contributed by atoms with Crippen molar-refractivity contribution in [3.63, 3.8) is 0 Å². The van der Waals surface area contributed by atoms with E-state index < -0.39 is 11.9 Å². The highest BCUT2D eigenvalue weighted by Gasteiger charge is 2.38. The zero-order valence-electron chi connectivity index (χ0n) is 13.7. The van der Waals surface area contributed by atoms with E-state index in [4.69, 9.17) is 0 Å². The molecule has 1 aromatic carbocycles. The van der Waals surface area contributed by atoms with Gasteiger partial charge in [-0.15, -0.1) is 0 Å². The first-order valence-electron chi connectivity index (χ1n) is 8.56. The molecular formula is C19H15F3N4. The first kappa shape index (κ1) is 15.4. The second kappa shape index (κ2) is 5.33. The van der Waals surface area contributed by atoms with Crippen LogP contribution in [0.5, 0.6) is 0 Å². The van der Waals surface area contributed by atoms with Gasteiger partial charge in [0, 0.05) is 29.4 Å². The number of pyridine rings is 1. The molecule has 0 radical (unpaired) electrons. The van der Waals surface area contributed by atoms with Crippen LogP contribution in [0, 0.1) is 0 Å². The summed E-state index contributed by atoms with van der Waals surface area (Å²) in [5, 5.41) is 9.02. The lowest BCUT2D eigenvalue weighted by Gasteiger charge is -2.22. The highest BCUT2D eigenvalue weighted by Crippen LogP contribution is 2.41. The molecule has 26 heavy (non-hydrogen) atoms. The Balaban J connectivity index is 1.88. The van der Waals surface area contributed by atoms with Gasteiger partial charge in [-0.25, -0.2) is 4.98 Å². The minimum absolute atomic E-state index is 0.0340. The molecule has 3 aromatic heterocycles. The van der Waals surface area contributed by atoms with Gasteiger partial charge in [-0.2, -0.15) is 18.3 Å². The summed E-state index contributed by atoms with van der Waals surface area (Å²) in [6.07, 6.45) is 4.22. The van der Waals surface area contributed by atoms with Crippen LogP contribution in [0.25, 0.3) is 32.9 Å². The summed E-state index contributed by atoms with van der Waals surface area (Å²) in [6.45, 7) is 0. The lowest BCUT2D eigenvalue weighted by atomic mass is 9.85. The molecule has 2 N–H and O–H groups in total. The summed E-state index contributed by atoms with van der Waals surface area (Å²) in [7, 11) is 0. The van der Waals surface area contributed by atoms with Crippen LogP contribution in [-0.4, -0.2) is 20.2 Å². The molecule has 3 heterocycles. The maximum absolute atomic E-state index is 13.4. The van der Waals surface area contributed by atoms with Crippen molar-refractivity contribution in [3.8, 4) is 11.3 Å². The van der Waals surface area contributed by atoms with E-state index in [0.717, 1.165) is 58.5 Å². The fourth-order valence-electron chi connectivity index (χ4n) is 4.07. The summed E-state index contributed by atoms with van der Waals surface area (Å²) in [5.41, 5.74) is 2.30. The van der Waals surface area contributed by atoms with E-state index in [1.54, 1.807) is 0 Å². The molecular weight excluding hydrogens is 341 g/mol. The van der Waals surface area contributed by atoms with E-state index in [2.05, 4.69) is 20.2 Å². The third kappa shape index (κ3) is 2.16. The molecule has 1 aliphatic rings. The van der Waals surface area contributed by atoms with Gasteiger partial charge in [0.05, 0.1) is 16.8 Å². The summed E-state index contributed by atoms with van der Waals surface area (Å²) < 4.78 is 40.1. The van der Waals surface area contributed by atoms with Crippen molar-refractivity contribution in [1.82, 2.24) is 20.2 Å². The van der Waals surface area contributed by atoms with Crippen LogP contribution in [0.3, 0.4) is 0 Å². The minimum Gasteiger partial charge on any atom is -0.366 e. The van der Waals surface area contributed by atoms with Gasteiger partial charge in [-0.05, 0) is 48.3 Å².